The maximum Gasteiger partial charge on any atom is 0.118 e. The van der Waals surface area contributed by atoms with E-state index in [0.717, 1.165) is 12.0 Å². The van der Waals surface area contributed by atoms with Gasteiger partial charge in [-0.3, -0.25) is 5.26 Å². The quantitative estimate of drug-likeness (QED) is 0.360. The van der Waals surface area contributed by atoms with E-state index >= 15 is 0 Å². The molecule has 0 spiro atoms. The van der Waals surface area contributed by atoms with Crippen molar-refractivity contribution < 1.29 is 10.1 Å². The zero-order valence-electron chi connectivity index (χ0n) is 6.27. The molecule has 0 fully saturated rings. The van der Waals surface area contributed by atoms with E-state index < -0.39 is 5.60 Å². The molecule has 1 N–H and O–H groups in total. The van der Waals surface area contributed by atoms with Gasteiger partial charge >= 0.3 is 0 Å². The summed E-state index contributed by atoms with van der Waals surface area (Å²) in [6.07, 6.45) is 0.827. The van der Waals surface area contributed by atoms with Gasteiger partial charge in [-0.2, -0.15) is 0 Å². The van der Waals surface area contributed by atoms with Crippen LogP contribution in [0.3, 0.4) is 0 Å². The molecule has 0 aliphatic rings. The number of hydrogen-bond acceptors (Lipinski definition) is 2. The van der Waals surface area contributed by atoms with Gasteiger partial charge in [0.1, 0.15) is 5.60 Å². The molecule has 0 aromatic rings. The van der Waals surface area contributed by atoms with Crippen LogP contribution in [-0.4, -0.2) is 10.9 Å². The molecule has 0 saturated heterocycles. The molecule has 0 aliphatic heterocycles. The van der Waals surface area contributed by atoms with Gasteiger partial charge in [0, 0.05) is 0 Å². The first kappa shape index (κ1) is 8.66. The Labute approximate surface area is 56.1 Å². The third-order valence-electron chi connectivity index (χ3n) is 1.51. The molecule has 0 amide bonds. The van der Waals surface area contributed by atoms with E-state index in [1.165, 1.54) is 0 Å². The van der Waals surface area contributed by atoms with Gasteiger partial charge in [0.15, 0.2) is 0 Å². The SMILES string of the molecule is C=C(CC)C(C)(C)OO. The van der Waals surface area contributed by atoms with Crippen LogP contribution < -0.4 is 0 Å². The average Bonchev–Trinajstić information content (AvgIpc) is 1.86. The van der Waals surface area contributed by atoms with Crippen molar-refractivity contribution in [1.82, 2.24) is 0 Å². The molecule has 0 rings (SSSR count). The largest absolute Gasteiger partial charge is 0.251 e. The summed E-state index contributed by atoms with van der Waals surface area (Å²) in [5, 5.41) is 8.33. The molecule has 0 aliphatic carbocycles. The van der Waals surface area contributed by atoms with Crippen LogP contribution in [0.5, 0.6) is 0 Å². The Morgan fingerprint density at radius 1 is 1.67 bits per heavy atom. The summed E-state index contributed by atoms with van der Waals surface area (Å²) in [4.78, 5) is 4.19. The summed E-state index contributed by atoms with van der Waals surface area (Å²) in [7, 11) is 0. The second-order valence-electron chi connectivity index (χ2n) is 2.56. The molecule has 2 nitrogen and oxygen atoms in total. The highest BCUT2D eigenvalue weighted by Gasteiger charge is 2.20. The lowest BCUT2D eigenvalue weighted by Crippen LogP contribution is -2.24. The van der Waals surface area contributed by atoms with Crippen LogP contribution in [0.4, 0.5) is 0 Å². The standard InChI is InChI=1S/C7H14O2/c1-5-6(2)7(3,4)9-8/h8H,2,5H2,1,3-4H3. The van der Waals surface area contributed by atoms with Crippen LogP contribution in [0.15, 0.2) is 12.2 Å². The van der Waals surface area contributed by atoms with E-state index in [4.69, 9.17) is 5.26 Å². The fourth-order valence-corrected chi connectivity index (χ4v) is 0.490. The van der Waals surface area contributed by atoms with Crippen LogP contribution in [-0.2, 0) is 4.89 Å². The van der Waals surface area contributed by atoms with Crippen molar-refractivity contribution in [3.63, 3.8) is 0 Å². The normalized spacial score (nSPS) is 11.6. The summed E-state index contributed by atoms with van der Waals surface area (Å²) in [5.41, 5.74) is 0.305. The second-order valence-corrected chi connectivity index (χ2v) is 2.56. The minimum atomic E-state index is -0.589. The van der Waals surface area contributed by atoms with Crippen LogP contribution in [0.25, 0.3) is 0 Å². The van der Waals surface area contributed by atoms with Crippen molar-refractivity contribution in [2.75, 3.05) is 0 Å². The van der Waals surface area contributed by atoms with Crippen LogP contribution in [0.1, 0.15) is 27.2 Å². The molecule has 0 unspecified atom stereocenters. The van der Waals surface area contributed by atoms with Gasteiger partial charge in [0.2, 0.25) is 0 Å². The second kappa shape index (κ2) is 2.99. The van der Waals surface area contributed by atoms with E-state index in [2.05, 4.69) is 11.5 Å². The Bertz CT molecular complexity index is 105. The lowest BCUT2D eigenvalue weighted by atomic mass is 9.98. The highest BCUT2D eigenvalue weighted by Crippen LogP contribution is 2.19. The lowest BCUT2D eigenvalue weighted by molar-refractivity contribution is -0.300. The zero-order chi connectivity index (χ0) is 7.49. The molecule has 9 heavy (non-hydrogen) atoms. The molecular weight excluding hydrogens is 116 g/mol. The summed E-state index contributed by atoms with van der Waals surface area (Å²) < 4.78 is 0. The number of rotatable bonds is 3. The van der Waals surface area contributed by atoms with Crippen molar-refractivity contribution in [2.24, 2.45) is 0 Å². The summed E-state index contributed by atoms with van der Waals surface area (Å²) in [6, 6.07) is 0. The van der Waals surface area contributed by atoms with E-state index in [1.54, 1.807) is 13.8 Å². The van der Waals surface area contributed by atoms with E-state index in [1.807, 2.05) is 6.92 Å². The fraction of sp³-hybridized carbons (Fsp3) is 0.714. The molecule has 0 aromatic heterocycles. The monoisotopic (exact) mass is 130 g/mol. The minimum Gasteiger partial charge on any atom is -0.251 e. The van der Waals surface area contributed by atoms with Gasteiger partial charge in [-0.05, 0) is 25.8 Å². The Balaban J connectivity index is 3.97. The van der Waals surface area contributed by atoms with E-state index in [9.17, 15) is 0 Å². The maximum atomic E-state index is 8.33. The molecule has 0 bridgehead atoms. The molecule has 0 atom stereocenters. The molecule has 54 valence electrons. The van der Waals surface area contributed by atoms with Gasteiger partial charge in [0.05, 0.1) is 0 Å². The fourth-order valence-electron chi connectivity index (χ4n) is 0.490. The Hall–Kier alpha value is -0.340. The predicted molar refractivity (Wildman–Crippen MR) is 37.2 cm³/mol. The topological polar surface area (TPSA) is 29.5 Å². The number of hydrogen-bond donors (Lipinski definition) is 1. The summed E-state index contributed by atoms with van der Waals surface area (Å²) >= 11 is 0. The molecule has 0 aromatic carbocycles. The van der Waals surface area contributed by atoms with Crippen LogP contribution >= 0.6 is 0 Å². The lowest BCUT2D eigenvalue weighted by Gasteiger charge is -2.21. The molecule has 0 saturated carbocycles. The van der Waals surface area contributed by atoms with Gasteiger partial charge in [-0.25, -0.2) is 4.89 Å². The average molecular weight is 130 g/mol. The van der Waals surface area contributed by atoms with Crippen molar-refractivity contribution in [1.29, 1.82) is 0 Å². The van der Waals surface area contributed by atoms with Gasteiger partial charge in [-0.15, -0.1) is 0 Å². The molecular formula is C7H14O2. The van der Waals surface area contributed by atoms with Gasteiger partial charge in [0.25, 0.3) is 0 Å². The first-order valence-electron chi connectivity index (χ1n) is 3.05. The molecule has 2 heteroatoms. The Morgan fingerprint density at radius 2 is 2.11 bits per heavy atom. The Kier molecular flexibility index (Phi) is 2.88. The van der Waals surface area contributed by atoms with Gasteiger partial charge < -0.3 is 0 Å². The molecule has 0 heterocycles. The zero-order valence-corrected chi connectivity index (χ0v) is 6.27. The van der Waals surface area contributed by atoms with Crippen molar-refractivity contribution >= 4 is 0 Å². The van der Waals surface area contributed by atoms with Crippen LogP contribution in [0, 0.1) is 0 Å². The molecule has 0 radical (unpaired) electrons. The smallest absolute Gasteiger partial charge is 0.118 e. The van der Waals surface area contributed by atoms with Gasteiger partial charge in [-0.1, -0.05) is 13.5 Å². The third kappa shape index (κ3) is 2.16. The van der Waals surface area contributed by atoms with E-state index in [0.29, 0.717) is 0 Å². The summed E-state index contributed by atoms with van der Waals surface area (Å²) in [5.74, 6) is 0. The predicted octanol–water partition coefficient (Wildman–Crippen LogP) is 2.22. The third-order valence-corrected chi connectivity index (χ3v) is 1.51. The Morgan fingerprint density at radius 3 is 2.22 bits per heavy atom. The highest BCUT2D eigenvalue weighted by molar-refractivity contribution is 5.07. The van der Waals surface area contributed by atoms with Crippen molar-refractivity contribution in [3.8, 4) is 0 Å². The van der Waals surface area contributed by atoms with Crippen molar-refractivity contribution in [2.45, 2.75) is 32.8 Å². The highest BCUT2D eigenvalue weighted by atomic mass is 17.1. The van der Waals surface area contributed by atoms with Crippen LogP contribution in [0.2, 0.25) is 0 Å². The van der Waals surface area contributed by atoms with E-state index in [-0.39, 0.29) is 0 Å². The first-order chi connectivity index (χ1) is 4.04. The minimum absolute atomic E-state index is 0.589. The summed E-state index contributed by atoms with van der Waals surface area (Å²) in [6.45, 7) is 9.26. The maximum absolute atomic E-state index is 8.33. The first-order valence-corrected chi connectivity index (χ1v) is 3.05. The van der Waals surface area contributed by atoms with Crippen molar-refractivity contribution in [3.05, 3.63) is 12.2 Å².